The van der Waals surface area contributed by atoms with Crippen molar-refractivity contribution in [1.82, 2.24) is 0 Å². The van der Waals surface area contributed by atoms with Crippen molar-refractivity contribution in [3.05, 3.63) is 40.7 Å². The van der Waals surface area contributed by atoms with Gasteiger partial charge in [-0.15, -0.1) is 0 Å². The number of hydrogen-bond acceptors (Lipinski definition) is 4. The maximum atomic E-state index is 13.2. The molecule has 0 spiro atoms. The van der Waals surface area contributed by atoms with Crippen LogP contribution in [0.5, 0.6) is 0 Å². The average molecular weight is 368 g/mol. The molecule has 0 fully saturated rings. The van der Waals surface area contributed by atoms with E-state index in [1.54, 1.807) is 0 Å². The highest BCUT2D eigenvalue weighted by Gasteiger charge is 2.35. The van der Waals surface area contributed by atoms with Crippen LogP contribution in [0, 0.1) is 5.82 Å². The zero-order chi connectivity index (χ0) is 22.4. The molecule has 1 atom stereocenters. The Kier molecular flexibility index (Phi) is 3.51. The van der Waals surface area contributed by atoms with Crippen LogP contribution >= 0.6 is 11.6 Å². The summed E-state index contributed by atoms with van der Waals surface area (Å²) in [6.45, 7) is 1.20. The Labute approximate surface area is 148 Å². The summed E-state index contributed by atoms with van der Waals surface area (Å²) in [6, 6.07) is 2.66. The third kappa shape index (κ3) is 4.23. The topological polar surface area (TPSA) is 72.5 Å². The van der Waals surface area contributed by atoms with Gasteiger partial charge in [0.15, 0.2) is 0 Å². The van der Waals surface area contributed by atoms with Crippen molar-refractivity contribution >= 4 is 33.3 Å². The van der Waals surface area contributed by atoms with E-state index in [9.17, 15) is 17.6 Å². The second-order valence-corrected chi connectivity index (χ2v) is 6.56. The number of carbonyl (C=O) groups is 1. The third-order valence-corrected chi connectivity index (χ3v) is 4.60. The van der Waals surface area contributed by atoms with Gasteiger partial charge in [-0.2, -0.15) is 0 Å². The monoisotopic (exact) mass is 367 g/mol. The molecule has 23 heavy (non-hydrogen) atoms. The van der Waals surface area contributed by atoms with Gasteiger partial charge in [-0.25, -0.2) is 17.6 Å². The van der Waals surface area contributed by atoms with E-state index in [1.807, 2.05) is 4.72 Å². The number of ether oxygens (including phenoxy) is 1. The van der Waals surface area contributed by atoms with Gasteiger partial charge in [0.2, 0.25) is 10.0 Å². The van der Waals surface area contributed by atoms with Crippen molar-refractivity contribution in [3.8, 4) is 0 Å². The maximum Gasteiger partial charge on any atom is 0.335 e. The van der Waals surface area contributed by atoms with Crippen molar-refractivity contribution in [1.29, 1.82) is 0 Å². The first-order chi connectivity index (χ1) is 13.1. The predicted octanol–water partition coefficient (Wildman–Crippen LogP) is 3.26. The molecule has 0 aromatic heterocycles. The fourth-order valence-corrected chi connectivity index (χ4v) is 3.37. The Hall–Kier alpha value is -1.60. The fraction of sp³-hybridized carbons (Fsp3) is 0.400. The Morgan fingerprint density at radius 3 is 2.96 bits per heavy atom. The molecule has 0 saturated heterocycles. The van der Waals surface area contributed by atoms with Gasteiger partial charge >= 0.3 is 5.97 Å². The lowest BCUT2D eigenvalue weighted by molar-refractivity contribution is -0.138. The molecule has 8 heteroatoms. The molecule has 1 aliphatic rings. The van der Waals surface area contributed by atoms with E-state index in [2.05, 4.69) is 0 Å². The van der Waals surface area contributed by atoms with Gasteiger partial charge in [0, 0.05) is 8.22 Å². The van der Waals surface area contributed by atoms with Crippen LogP contribution in [0.4, 0.5) is 10.1 Å². The number of nitrogens with one attached hydrogen (secondary N) is 1. The number of carbonyl (C=O) groups excluding carboxylic acids is 1. The van der Waals surface area contributed by atoms with E-state index in [0.717, 1.165) is 18.2 Å². The number of rotatable bonds is 5. The predicted molar refractivity (Wildman–Crippen MR) is 86.3 cm³/mol. The summed E-state index contributed by atoms with van der Waals surface area (Å²) in [7, 11) is -4.92. The van der Waals surface area contributed by atoms with E-state index in [4.69, 9.17) is 24.6 Å². The van der Waals surface area contributed by atoms with Gasteiger partial charge in [-0.05, 0) is 44.2 Å². The molecule has 1 N–H and O–H groups in total. The molecule has 0 radical (unpaired) electrons. The van der Waals surface area contributed by atoms with Crippen LogP contribution in [0.3, 0.4) is 0 Å². The lowest BCUT2D eigenvalue weighted by Gasteiger charge is -2.24. The van der Waals surface area contributed by atoms with Crippen molar-refractivity contribution < 1.29 is 30.6 Å². The minimum Gasteiger partial charge on any atom is -0.463 e. The lowest BCUT2D eigenvalue weighted by atomic mass is 9.99. The lowest BCUT2D eigenvalue weighted by Crippen LogP contribution is -2.34. The van der Waals surface area contributed by atoms with E-state index < -0.39 is 51.8 Å². The molecule has 1 aromatic carbocycles. The van der Waals surface area contributed by atoms with Crippen LogP contribution in [0.1, 0.15) is 34.3 Å². The largest absolute Gasteiger partial charge is 0.463 e. The number of hydrogen-bond donors (Lipinski definition) is 1. The Bertz CT molecular complexity index is 970. The van der Waals surface area contributed by atoms with Gasteiger partial charge in [-0.3, -0.25) is 4.72 Å². The molecule has 0 aliphatic heterocycles. The van der Waals surface area contributed by atoms with E-state index in [0.29, 0.717) is 6.08 Å². The van der Waals surface area contributed by atoms with Crippen LogP contribution in [0.2, 0.25) is 5.02 Å². The van der Waals surface area contributed by atoms with Crippen LogP contribution in [-0.2, 0) is 19.6 Å². The van der Waals surface area contributed by atoms with Gasteiger partial charge < -0.3 is 4.74 Å². The molecule has 1 aliphatic carbocycles. The maximum absolute atomic E-state index is 13.2. The smallest absolute Gasteiger partial charge is 0.335 e. The van der Waals surface area contributed by atoms with E-state index in [1.165, 1.54) is 6.92 Å². The van der Waals surface area contributed by atoms with Crippen molar-refractivity contribution in [2.24, 2.45) is 0 Å². The van der Waals surface area contributed by atoms with Gasteiger partial charge in [0.25, 0.3) is 0 Å². The molecule has 0 amide bonds. The van der Waals surface area contributed by atoms with Gasteiger partial charge in [-0.1, -0.05) is 17.7 Å². The molecule has 0 bridgehead atoms. The summed E-state index contributed by atoms with van der Waals surface area (Å²) in [6.07, 6.45) is -9.33. The molecule has 0 heterocycles. The number of benzene rings is 1. The first-order valence-electron chi connectivity index (χ1n) is 9.45. The average Bonchev–Trinajstić information content (AvgIpc) is 2.55. The van der Waals surface area contributed by atoms with Crippen molar-refractivity contribution in [3.63, 3.8) is 0 Å². The van der Waals surface area contributed by atoms with Crippen molar-refractivity contribution in [2.75, 3.05) is 11.3 Å². The first kappa shape index (κ1) is 11.0. The summed E-state index contributed by atoms with van der Waals surface area (Å²) >= 11 is 5.79. The highest BCUT2D eigenvalue weighted by atomic mass is 35.5. The second-order valence-electron chi connectivity index (χ2n) is 4.39. The summed E-state index contributed by atoms with van der Waals surface area (Å²) in [4.78, 5) is 12.3. The number of halogens is 2. The number of allylic oxidation sites excluding steroid dienone is 1. The first-order valence-corrected chi connectivity index (χ1v) is 8.37. The highest BCUT2D eigenvalue weighted by Crippen LogP contribution is 2.30. The fourth-order valence-electron chi connectivity index (χ4n) is 1.78. The van der Waals surface area contributed by atoms with E-state index >= 15 is 0 Å². The summed E-state index contributed by atoms with van der Waals surface area (Å²) in [5.41, 5.74) is -1.23. The van der Waals surface area contributed by atoms with Crippen molar-refractivity contribution in [2.45, 2.75) is 31.3 Å². The zero-order valence-electron chi connectivity index (χ0n) is 17.9. The Balaban J connectivity index is 2.67. The summed E-state index contributed by atoms with van der Waals surface area (Å²) < 4.78 is 93.4. The van der Waals surface area contributed by atoms with Crippen LogP contribution in [0.25, 0.3) is 0 Å². The standard InChI is InChI=1S/C15H17ClFNO4S/c1-2-22-15(19)11-5-3-4-6-14(11)23(20,21)18-13-8-7-10(17)9-12(13)16/h5,7-9,14,18H,2-4,6H2,1H3/t14-/m1/s1/i3D2,4D2,6D2. The van der Waals surface area contributed by atoms with Crippen LogP contribution in [0.15, 0.2) is 29.8 Å². The Morgan fingerprint density at radius 2 is 2.30 bits per heavy atom. The molecule has 5 nitrogen and oxygen atoms in total. The molecule has 0 unspecified atom stereocenters. The van der Waals surface area contributed by atoms with Crippen LogP contribution < -0.4 is 4.72 Å². The van der Waals surface area contributed by atoms with Gasteiger partial charge in [0.05, 0.1) is 22.9 Å². The minimum absolute atomic E-state index is 0.209. The summed E-state index contributed by atoms with van der Waals surface area (Å²) in [5.74, 6) is -2.07. The number of esters is 1. The zero-order valence-corrected chi connectivity index (χ0v) is 13.5. The van der Waals surface area contributed by atoms with Crippen LogP contribution in [-0.4, -0.2) is 26.2 Å². The molecule has 126 valence electrons. The molecule has 0 saturated carbocycles. The summed E-state index contributed by atoms with van der Waals surface area (Å²) in [5, 5.41) is -2.83. The minimum atomic E-state index is -4.92. The molecule has 1 aromatic rings. The highest BCUT2D eigenvalue weighted by molar-refractivity contribution is 7.93. The Morgan fingerprint density at radius 1 is 1.57 bits per heavy atom. The quantitative estimate of drug-likeness (QED) is 0.811. The van der Waals surface area contributed by atoms with Gasteiger partial charge in [0.1, 0.15) is 11.1 Å². The molecular weight excluding hydrogens is 345 g/mol. The number of anilines is 1. The third-order valence-electron chi connectivity index (χ3n) is 2.79. The molecular formula is C15H17ClFNO4S. The van der Waals surface area contributed by atoms with E-state index in [-0.39, 0.29) is 17.3 Å². The second kappa shape index (κ2) is 7.31. The normalized spacial score (nSPS) is 28.7. The number of sulfonamides is 1. The molecule has 2 rings (SSSR count). The SMILES string of the molecule is [2H]C1([2H])C=C(C(=O)OCC)[C@H](S(=O)(=O)Nc2ccc(F)cc2Cl)C([2H])([2H])C1([2H])[2H].